The monoisotopic (exact) mass is 333 g/mol. The van der Waals surface area contributed by atoms with Crippen molar-refractivity contribution in [2.45, 2.75) is 24.3 Å². The Morgan fingerprint density at radius 2 is 2.14 bits per heavy atom. The van der Waals surface area contributed by atoms with Crippen LogP contribution in [0.1, 0.15) is 13.3 Å². The highest BCUT2D eigenvalue weighted by Gasteiger charge is 2.36. The van der Waals surface area contributed by atoms with Crippen LogP contribution in [-0.2, 0) is 10.0 Å². The molecule has 2 unspecified atom stereocenters. The molecule has 1 aliphatic heterocycles. The van der Waals surface area contributed by atoms with Crippen molar-refractivity contribution in [2.75, 3.05) is 13.1 Å². The van der Waals surface area contributed by atoms with Crippen molar-refractivity contribution >= 4 is 27.3 Å². The maximum atomic E-state index is 12.6. The van der Waals surface area contributed by atoms with Crippen molar-refractivity contribution in [2.24, 2.45) is 11.7 Å². The fourth-order valence-electron chi connectivity index (χ4n) is 2.28. The highest BCUT2D eigenvalue weighted by Crippen LogP contribution is 2.31. The standard InChI is InChI=1S/C12H16ClN3O4S/c1-8-4-5-15(7-10(8)14)21(19,20)12-3-2-9(13)6-11(12)16(17)18/h2-3,6,8,10H,4-5,7,14H2,1H3. The fourth-order valence-corrected chi connectivity index (χ4v) is 4.07. The van der Waals surface area contributed by atoms with Gasteiger partial charge in [0.15, 0.2) is 4.90 Å². The normalized spacial score (nSPS) is 24.0. The first-order chi connectivity index (χ1) is 9.73. The van der Waals surface area contributed by atoms with Gasteiger partial charge in [-0.25, -0.2) is 8.42 Å². The van der Waals surface area contributed by atoms with Crippen molar-refractivity contribution in [1.82, 2.24) is 4.31 Å². The minimum atomic E-state index is -3.96. The summed E-state index contributed by atoms with van der Waals surface area (Å²) >= 11 is 5.71. The van der Waals surface area contributed by atoms with Crippen molar-refractivity contribution < 1.29 is 13.3 Å². The second-order valence-electron chi connectivity index (χ2n) is 5.16. The van der Waals surface area contributed by atoms with Crippen LogP contribution in [0.3, 0.4) is 0 Å². The molecule has 1 saturated heterocycles. The van der Waals surface area contributed by atoms with E-state index in [1.54, 1.807) is 0 Å². The minimum Gasteiger partial charge on any atom is -0.326 e. The Morgan fingerprint density at radius 1 is 1.48 bits per heavy atom. The third-order valence-corrected chi connectivity index (χ3v) is 5.86. The lowest BCUT2D eigenvalue weighted by atomic mass is 9.96. The first-order valence-corrected chi connectivity index (χ1v) is 8.25. The van der Waals surface area contributed by atoms with Gasteiger partial charge in [0, 0.05) is 30.2 Å². The Balaban J connectivity index is 2.43. The molecule has 1 aliphatic rings. The van der Waals surface area contributed by atoms with E-state index in [0.29, 0.717) is 13.0 Å². The Bertz CT molecular complexity index is 664. The molecule has 1 heterocycles. The molecule has 1 aromatic rings. The van der Waals surface area contributed by atoms with Gasteiger partial charge >= 0.3 is 0 Å². The summed E-state index contributed by atoms with van der Waals surface area (Å²) in [6, 6.07) is 3.26. The lowest BCUT2D eigenvalue weighted by Gasteiger charge is -2.34. The number of halogens is 1. The Kier molecular flexibility index (Phi) is 4.52. The van der Waals surface area contributed by atoms with Crippen LogP contribution in [0.25, 0.3) is 0 Å². The van der Waals surface area contributed by atoms with E-state index < -0.39 is 20.6 Å². The molecule has 21 heavy (non-hydrogen) atoms. The maximum absolute atomic E-state index is 12.6. The summed E-state index contributed by atoms with van der Waals surface area (Å²) in [5.41, 5.74) is 5.39. The molecule has 0 bridgehead atoms. The minimum absolute atomic E-state index is 0.115. The third-order valence-electron chi connectivity index (χ3n) is 3.71. The smallest absolute Gasteiger partial charge is 0.290 e. The molecular formula is C12H16ClN3O4S. The average molecular weight is 334 g/mol. The predicted octanol–water partition coefficient (Wildman–Crippen LogP) is 1.61. The van der Waals surface area contributed by atoms with Crippen LogP contribution in [0.15, 0.2) is 23.1 Å². The molecule has 0 radical (unpaired) electrons. The second kappa shape index (κ2) is 5.88. The molecule has 0 aliphatic carbocycles. The number of benzene rings is 1. The number of piperidine rings is 1. The summed E-state index contributed by atoms with van der Waals surface area (Å²) in [5.74, 6) is 0.219. The zero-order chi connectivity index (χ0) is 15.8. The zero-order valence-corrected chi connectivity index (χ0v) is 13.0. The first-order valence-electron chi connectivity index (χ1n) is 6.43. The van der Waals surface area contributed by atoms with E-state index in [1.165, 1.54) is 16.4 Å². The van der Waals surface area contributed by atoms with E-state index in [1.807, 2.05) is 6.92 Å². The molecule has 2 rings (SSSR count). The number of hydrogen-bond acceptors (Lipinski definition) is 5. The molecule has 7 nitrogen and oxygen atoms in total. The van der Waals surface area contributed by atoms with Crippen molar-refractivity contribution in [3.8, 4) is 0 Å². The second-order valence-corrected chi connectivity index (χ2v) is 7.50. The van der Waals surface area contributed by atoms with Crippen molar-refractivity contribution in [1.29, 1.82) is 0 Å². The maximum Gasteiger partial charge on any atom is 0.290 e. The topological polar surface area (TPSA) is 107 Å². The zero-order valence-electron chi connectivity index (χ0n) is 11.4. The summed E-state index contributed by atoms with van der Waals surface area (Å²) in [5, 5.41) is 11.2. The van der Waals surface area contributed by atoms with Crippen molar-refractivity contribution in [3.05, 3.63) is 33.3 Å². The summed E-state index contributed by atoms with van der Waals surface area (Å²) in [6.45, 7) is 2.42. The lowest BCUT2D eigenvalue weighted by molar-refractivity contribution is -0.387. The molecule has 0 saturated carbocycles. The molecule has 2 N–H and O–H groups in total. The van der Waals surface area contributed by atoms with E-state index in [0.717, 1.165) is 6.07 Å². The highest BCUT2D eigenvalue weighted by atomic mass is 35.5. The van der Waals surface area contributed by atoms with Gasteiger partial charge in [0.1, 0.15) is 0 Å². The highest BCUT2D eigenvalue weighted by molar-refractivity contribution is 7.89. The Morgan fingerprint density at radius 3 is 2.71 bits per heavy atom. The Labute approximate surface area is 127 Å². The van der Waals surface area contributed by atoms with Gasteiger partial charge in [-0.1, -0.05) is 18.5 Å². The van der Waals surface area contributed by atoms with Crippen molar-refractivity contribution in [3.63, 3.8) is 0 Å². The molecule has 0 spiro atoms. The molecular weight excluding hydrogens is 318 g/mol. The van der Waals surface area contributed by atoms with Crippen LogP contribution >= 0.6 is 11.6 Å². The van der Waals surface area contributed by atoms with Crippen LogP contribution in [-0.4, -0.2) is 36.8 Å². The predicted molar refractivity (Wildman–Crippen MR) is 78.6 cm³/mol. The summed E-state index contributed by atoms with van der Waals surface area (Å²) in [6.07, 6.45) is 0.627. The average Bonchev–Trinajstić information content (AvgIpc) is 2.41. The van der Waals surface area contributed by atoms with Gasteiger partial charge in [-0.05, 0) is 24.5 Å². The van der Waals surface area contributed by atoms with Gasteiger partial charge in [-0.2, -0.15) is 4.31 Å². The molecule has 2 atom stereocenters. The molecule has 1 fully saturated rings. The largest absolute Gasteiger partial charge is 0.326 e. The lowest BCUT2D eigenvalue weighted by Crippen LogP contribution is -2.49. The van der Waals surface area contributed by atoms with Crippen LogP contribution in [0, 0.1) is 16.0 Å². The number of nitro groups is 1. The molecule has 116 valence electrons. The third kappa shape index (κ3) is 3.18. The molecule has 9 heteroatoms. The number of sulfonamides is 1. The van der Waals surface area contributed by atoms with Gasteiger partial charge in [0.05, 0.1) is 4.92 Å². The first kappa shape index (κ1) is 16.2. The quantitative estimate of drug-likeness (QED) is 0.668. The summed E-state index contributed by atoms with van der Waals surface area (Å²) in [4.78, 5) is 9.97. The fraction of sp³-hybridized carbons (Fsp3) is 0.500. The number of hydrogen-bond donors (Lipinski definition) is 1. The van der Waals surface area contributed by atoms with E-state index in [-0.39, 0.29) is 28.4 Å². The van der Waals surface area contributed by atoms with Gasteiger partial charge in [0.2, 0.25) is 10.0 Å². The Hall–Kier alpha value is -1.22. The molecule has 0 aromatic heterocycles. The summed E-state index contributed by atoms with van der Waals surface area (Å²) in [7, 11) is -3.96. The molecule has 1 aromatic carbocycles. The van der Waals surface area contributed by atoms with Gasteiger partial charge in [-0.3, -0.25) is 10.1 Å². The van der Waals surface area contributed by atoms with Crippen LogP contribution < -0.4 is 5.73 Å². The van der Waals surface area contributed by atoms with Crippen LogP contribution in [0.2, 0.25) is 5.02 Å². The number of nitrogens with two attached hydrogens (primary N) is 1. The van der Waals surface area contributed by atoms with Crippen LogP contribution in [0.4, 0.5) is 5.69 Å². The van der Waals surface area contributed by atoms with E-state index in [2.05, 4.69) is 0 Å². The number of rotatable bonds is 3. The van der Waals surface area contributed by atoms with Gasteiger partial charge in [-0.15, -0.1) is 0 Å². The van der Waals surface area contributed by atoms with Gasteiger partial charge < -0.3 is 5.73 Å². The van der Waals surface area contributed by atoms with Gasteiger partial charge in [0.25, 0.3) is 5.69 Å². The number of nitrogens with zero attached hydrogens (tertiary/aromatic N) is 2. The molecule has 0 amide bonds. The summed E-state index contributed by atoms with van der Waals surface area (Å²) < 4.78 is 26.4. The van der Waals surface area contributed by atoms with E-state index in [9.17, 15) is 18.5 Å². The van der Waals surface area contributed by atoms with E-state index >= 15 is 0 Å². The van der Waals surface area contributed by atoms with Crippen LogP contribution in [0.5, 0.6) is 0 Å². The number of nitro benzene ring substituents is 1. The van der Waals surface area contributed by atoms with E-state index in [4.69, 9.17) is 17.3 Å². The SMILES string of the molecule is CC1CCN(S(=O)(=O)c2ccc(Cl)cc2[N+](=O)[O-])CC1N.